The van der Waals surface area contributed by atoms with Gasteiger partial charge in [-0.2, -0.15) is 0 Å². The Hall–Kier alpha value is -0.720. The molecule has 0 aromatic heterocycles. The van der Waals surface area contributed by atoms with Gasteiger partial charge in [-0.25, -0.2) is 17.5 Å². The number of halogens is 2. The van der Waals surface area contributed by atoms with Crippen LogP contribution in [-0.4, -0.2) is 14.5 Å². The predicted octanol–water partition coefficient (Wildman–Crippen LogP) is 2.98. The molecule has 1 aliphatic rings. The van der Waals surface area contributed by atoms with Crippen molar-refractivity contribution >= 4 is 26.0 Å². The highest BCUT2D eigenvalue weighted by atomic mass is 79.9. The molecule has 1 aromatic rings. The molecule has 18 heavy (non-hydrogen) atoms. The number of nitrogens with one attached hydrogen (secondary N) is 1. The molecular weight excluding hydrogens is 321 g/mol. The van der Waals surface area contributed by atoms with E-state index < -0.39 is 15.8 Å². The van der Waals surface area contributed by atoms with Crippen LogP contribution in [0.5, 0.6) is 0 Å². The predicted molar refractivity (Wildman–Crippen MR) is 71.2 cm³/mol. The standard InChI is InChI=1S/C12H13BrFNO2S/c13-11-7-6-10(8-12(11)14)18(16,17)15-9-4-2-1-3-5-9/h1-2,6-9,15H,3-5H2. The molecule has 1 N–H and O–H groups in total. The minimum absolute atomic E-state index is 0.0437. The fourth-order valence-electron chi connectivity index (χ4n) is 1.83. The monoisotopic (exact) mass is 333 g/mol. The number of sulfonamides is 1. The van der Waals surface area contributed by atoms with E-state index in [0.717, 1.165) is 18.9 Å². The maximum Gasteiger partial charge on any atom is 0.240 e. The van der Waals surface area contributed by atoms with Crippen molar-refractivity contribution in [3.8, 4) is 0 Å². The quantitative estimate of drug-likeness (QED) is 0.864. The van der Waals surface area contributed by atoms with Crippen molar-refractivity contribution in [2.24, 2.45) is 0 Å². The van der Waals surface area contributed by atoms with Gasteiger partial charge in [-0.1, -0.05) is 12.2 Å². The molecule has 98 valence electrons. The Bertz CT molecular complexity index is 571. The summed E-state index contributed by atoms with van der Waals surface area (Å²) in [6.45, 7) is 0. The van der Waals surface area contributed by atoms with Crippen molar-refractivity contribution in [1.29, 1.82) is 0 Å². The van der Waals surface area contributed by atoms with Gasteiger partial charge in [0.25, 0.3) is 0 Å². The Morgan fingerprint density at radius 3 is 2.72 bits per heavy atom. The van der Waals surface area contributed by atoms with Crippen LogP contribution in [0, 0.1) is 5.82 Å². The summed E-state index contributed by atoms with van der Waals surface area (Å²) in [5.41, 5.74) is 0. The van der Waals surface area contributed by atoms with Crippen molar-refractivity contribution in [2.45, 2.75) is 30.2 Å². The van der Waals surface area contributed by atoms with Gasteiger partial charge in [0, 0.05) is 6.04 Å². The third-order valence-electron chi connectivity index (χ3n) is 2.79. The molecular formula is C12H13BrFNO2S. The SMILES string of the molecule is O=S(=O)(NC1CC=CCC1)c1ccc(Br)c(F)c1. The van der Waals surface area contributed by atoms with Gasteiger partial charge in [0.15, 0.2) is 0 Å². The normalized spacial score (nSPS) is 20.0. The number of benzene rings is 1. The zero-order valence-electron chi connectivity index (χ0n) is 9.57. The van der Waals surface area contributed by atoms with Crippen molar-refractivity contribution in [3.63, 3.8) is 0 Å². The minimum Gasteiger partial charge on any atom is -0.208 e. The van der Waals surface area contributed by atoms with E-state index in [9.17, 15) is 12.8 Å². The van der Waals surface area contributed by atoms with E-state index in [1.807, 2.05) is 12.2 Å². The number of hydrogen-bond acceptors (Lipinski definition) is 2. The molecule has 1 unspecified atom stereocenters. The van der Waals surface area contributed by atoms with Crippen LogP contribution < -0.4 is 4.72 Å². The maximum atomic E-state index is 13.3. The molecule has 0 heterocycles. The number of rotatable bonds is 3. The highest BCUT2D eigenvalue weighted by Gasteiger charge is 2.21. The molecule has 1 aromatic carbocycles. The van der Waals surface area contributed by atoms with Crippen molar-refractivity contribution in [2.75, 3.05) is 0 Å². The first kappa shape index (κ1) is 13.7. The Labute approximate surface area is 114 Å². The van der Waals surface area contributed by atoms with Crippen LogP contribution in [0.4, 0.5) is 4.39 Å². The molecule has 0 fully saturated rings. The lowest BCUT2D eigenvalue weighted by molar-refractivity contribution is 0.521. The number of allylic oxidation sites excluding steroid dienone is 1. The highest BCUT2D eigenvalue weighted by molar-refractivity contribution is 9.10. The molecule has 0 radical (unpaired) electrons. The average molecular weight is 334 g/mol. The largest absolute Gasteiger partial charge is 0.240 e. The van der Waals surface area contributed by atoms with Crippen molar-refractivity contribution in [1.82, 2.24) is 4.72 Å². The molecule has 0 saturated heterocycles. The van der Waals surface area contributed by atoms with Gasteiger partial charge in [-0.3, -0.25) is 0 Å². The van der Waals surface area contributed by atoms with E-state index in [4.69, 9.17) is 0 Å². The van der Waals surface area contributed by atoms with E-state index >= 15 is 0 Å². The second-order valence-corrected chi connectivity index (χ2v) is 6.75. The first-order valence-electron chi connectivity index (χ1n) is 5.61. The van der Waals surface area contributed by atoms with Crippen LogP contribution in [0.3, 0.4) is 0 Å². The highest BCUT2D eigenvalue weighted by Crippen LogP contribution is 2.20. The maximum absolute atomic E-state index is 13.3. The van der Waals surface area contributed by atoms with Crippen LogP contribution in [-0.2, 0) is 10.0 Å². The van der Waals surface area contributed by atoms with E-state index in [0.29, 0.717) is 6.42 Å². The summed E-state index contributed by atoms with van der Waals surface area (Å²) < 4.78 is 40.3. The van der Waals surface area contributed by atoms with Gasteiger partial charge in [0.1, 0.15) is 5.82 Å². The van der Waals surface area contributed by atoms with Gasteiger partial charge >= 0.3 is 0 Å². The van der Waals surface area contributed by atoms with Crippen LogP contribution >= 0.6 is 15.9 Å². The second-order valence-electron chi connectivity index (χ2n) is 4.18. The van der Waals surface area contributed by atoms with Gasteiger partial charge in [0.05, 0.1) is 9.37 Å². The van der Waals surface area contributed by atoms with Crippen molar-refractivity contribution in [3.05, 3.63) is 40.6 Å². The first-order chi connectivity index (χ1) is 8.49. The smallest absolute Gasteiger partial charge is 0.208 e. The molecule has 1 atom stereocenters. The Kier molecular flexibility index (Phi) is 4.19. The third-order valence-corrected chi connectivity index (χ3v) is 4.95. The summed E-state index contributed by atoms with van der Waals surface area (Å²) in [7, 11) is -3.64. The van der Waals surface area contributed by atoms with Crippen LogP contribution in [0.2, 0.25) is 0 Å². The van der Waals surface area contributed by atoms with Crippen molar-refractivity contribution < 1.29 is 12.8 Å². The fourth-order valence-corrected chi connectivity index (χ4v) is 3.37. The summed E-state index contributed by atoms with van der Waals surface area (Å²) >= 11 is 3.00. The molecule has 0 bridgehead atoms. The topological polar surface area (TPSA) is 46.2 Å². The van der Waals surface area contributed by atoms with Crippen LogP contribution in [0.25, 0.3) is 0 Å². The van der Waals surface area contributed by atoms with Gasteiger partial charge < -0.3 is 0 Å². The second kappa shape index (κ2) is 5.50. The first-order valence-corrected chi connectivity index (χ1v) is 7.89. The van der Waals surface area contributed by atoms with E-state index in [1.165, 1.54) is 12.1 Å². The molecule has 6 heteroatoms. The Balaban J connectivity index is 2.19. The summed E-state index contributed by atoms with van der Waals surface area (Å²) in [5.74, 6) is -0.582. The molecule has 0 amide bonds. The molecule has 0 aliphatic heterocycles. The minimum atomic E-state index is -3.64. The zero-order chi connectivity index (χ0) is 13.2. The average Bonchev–Trinajstić information content (AvgIpc) is 2.33. The summed E-state index contributed by atoms with van der Waals surface area (Å²) in [4.78, 5) is -0.0437. The summed E-state index contributed by atoms with van der Waals surface area (Å²) in [6.07, 6.45) is 6.30. The zero-order valence-corrected chi connectivity index (χ0v) is 12.0. The summed E-state index contributed by atoms with van der Waals surface area (Å²) in [5, 5.41) is 0. The third kappa shape index (κ3) is 3.18. The van der Waals surface area contributed by atoms with E-state index in [-0.39, 0.29) is 15.4 Å². The van der Waals surface area contributed by atoms with Gasteiger partial charge in [0.2, 0.25) is 10.0 Å². The summed E-state index contributed by atoms with van der Waals surface area (Å²) in [6, 6.07) is 3.69. The molecule has 2 rings (SSSR count). The molecule has 3 nitrogen and oxygen atoms in total. The van der Waals surface area contributed by atoms with E-state index in [1.54, 1.807) is 0 Å². The van der Waals surface area contributed by atoms with Crippen LogP contribution in [0.1, 0.15) is 19.3 Å². The molecule has 1 aliphatic carbocycles. The van der Waals surface area contributed by atoms with Gasteiger partial charge in [-0.05, 0) is 53.4 Å². The van der Waals surface area contributed by atoms with Gasteiger partial charge in [-0.15, -0.1) is 0 Å². The van der Waals surface area contributed by atoms with Crippen LogP contribution in [0.15, 0.2) is 39.7 Å². The van der Waals surface area contributed by atoms with E-state index in [2.05, 4.69) is 20.7 Å². The lowest BCUT2D eigenvalue weighted by Crippen LogP contribution is -2.35. The molecule has 0 saturated carbocycles. The fraction of sp³-hybridized carbons (Fsp3) is 0.333. The Morgan fingerprint density at radius 2 is 2.11 bits per heavy atom. The lowest BCUT2D eigenvalue weighted by atomic mass is 10.0. The number of hydrogen-bond donors (Lipinski definition) is 1. The Morgan fingerprint density at radius 1 is 1.33 bits per heavy atom. The molecule has 0 spiro atoms. The lowest BCUT2D eigenvalue weighted by Gasteiger charge is -2.19.